The topological polar surface area (TPSA) is 78.8 Å². The largest absolute Gasteiger partial charge is 0.368 e. The Bertz CT molecular complexity index is 784. The van der Waals surface area contributed by atoms with Gasteiger partial charge in [-0.25, -0.2) is 9.78 Å². The van der Waals surface area contributed by atoms with Gasteiger partial charge >= 0.3 is 6.03 Å². The molecule has 0 radical (unpaired) electrons. The molecule has 0 spiro atoms. The average Bonchev–Trinajstić information content (AvgIpc) is 2.72. The minimum Gasteiger partial charge on any atom is -0.368 e. The number of H-pyrrole nitrogens is 1. The summed E-state index contributed by atoms with van der Waals surface area (Å²) in [4.78, 5) is 31.6. The van der Waals surface area contributed by atoms with Gasteiger partial charge in [-0.2, -0.15) is 0 Å². The van der Waals surface area contributed by atoms with E-state index in [9.17, 15) is 9.59 Å². The molecule has 1 aromatic heterocycles. The van der Waals surface area contributed by atoms with Crippen LogP contribution in [0, 0.1) is 0 Å². The predicted molar refractivity (Wildman–Crippen MR) is 108 cm³/mol. The van der Waals surface area contributed by atoms with Crippen LogP contribution in [0.4, 0.5) is 10.5 Å². The quantitative estimate of drug-likeness (QED) is 0.826. The van der Waals surface area contributed by atoms with Crippen molar-refractivity contribution in [1.29, 1.82) is 0 Å². The van der Waals surface area contributed by atoms with Crippen LogP contribution in [-0.2, 0) is 6.54 Å². The predicted octanol–water partition coefficient (Wildman–Crippen LogP) is 1.67. The van der Waals surface area contributed by atoms with E-state index in [2.05, 4.69) is 20.5 Å². The molecule has 0 aliphatic carbocycles. The van der Waals surface area contributed by atoms with Crippen LogP contribution in [0.3, 0.4) is 0 Å². The van der Waals surface area contributed by atoms with Crippen LogP contribution >= 0.6 is 0 Å². The van der Waals surface area contributed by atoms with Gasteiger partial charge in [-0.3, -0.25) is 4.79 Å². The highest BCUT2D eigenvalue weighted by Gasteiger charge is 2.22. The molecule has 1 aliphatic rings. The summed E-state index contributed by atoms with van der Waals surface area (Å²) in [6.07, 6.45) is 3.82. The molecule has 2 aromatic rings. The summed E-state index contributed by atoms with van der Waals surface area (Å²) in [7, 11) is 0. The normalized spacial score (nSPS) is 14.1. The van der Waals surface area contributed by atoms with Crippen LogP contribution in [0.5, 0.6) is 0 Å². The maximum atomic E-state index is 12.8. The summed E-state index contributed by atoms with van der Waals surface area (Å²) in [5.74, 6) is 0.0538. The smallest absolute Gasteiger partial charge is 0.315 e. The molecular weight excluding hydrogens is 354 g/mol. The van der Waals surface area contributed by atoms with Crippen LogP contribution in [0.1, 0.15) is 29.8 Å². The molecule has 1 saturated heterocycles. The van der Waals surface area contributed by atoms with E-state index in [1.807, 2.05) is 67.5 Å². The Labute approximate surface area is 165 Å². The summed E-state index contributed by atoms with van der Waals surface area (Å²) in [6.45, 7) is 7.31. The Kier molecular flexibility index (Phi) is 6.47. The van der Waals surface area contributed by atoms with E-state index >= 15 is 0 Å². The number of piperazine rings is 1. The van der Waals surface area contributed by atoms with Crippen LogP contribution in [0.25, 0.3) is 0 Å². The standard InChI is InChI=1S/C21H27N5O2/c1-16(2)24-21(28)23-15-17-3-5-18(6-4-17)20(27)26-13-11-25(12-14-26)19-7-9-22-10-8-19/h3-10,16H,11-15H2,1-2H3,(H2,23,24,28)/p+1. The first-order chi connectivity index (χ1) is 13.5. The lowest BCUT2D eigenvalue weighted by molar-refractivity contribution is -0.377. The van der Waals surface area contributed by atoms with E-state index < -0.39 is 0 Å². The molecule has 7 heteroatoms. The zero-order chi connectivity index (χ0) is 19.9. The Morgan fingerprint density at radius 3 is 2.25 bits per heavy atom. The highest BCUT2D eigenvalue weighted by atomic mass is 16.2. The Hall–Kier alpha value is -3.09. The zero-order valence-electron chi connectivity index (χ0n) is 16.4. The van der Waals surface area contributed by atoms with Gasteiger partial charge in [0.25, 0.3) is 5.91 Å². The first kappa shape index (κ1) is 19.7. The lowest BCUT2D eigenvalue weighted by Crippen LogP contribution is -2.48. The second-order valence-electron chi connectivity index (χ2n) is 7.22. The van der Waals surface area contributed by atoms with Crippen molar-refractivity contribution in [2.75, 3.05) is 31.1 Å². The van der Waals surface area contributed by atoms with Gasteiger partial charge in [-0.05, 0) is 31.5 Å². The fraction of sp³-hybridized carbons (Fsp3) is 0.381. The number of aromatic amines is 1. The summed E-state index contributed by atoms with van der Waals surface area (Å²) < 4.78 is 0. The van der Waals surface area contributed by atoms with E-state index in [0.29, 0.717) is 25.2 Å². The number of hydrogen-bond donors (Lipinski definition) is 2. The number of amides is 3. The molecule has 1 aromatic carbocycles. The number of carbonyl (C=O) groups excluding carboxylic acids is 2. The number of anilines is 1. The number of aromatic nitrogens is 1. The number of carbonyl (C=O) groups is 2. The third kappa shape index (κ3) is 5.22. The third-order valence-corrected chi connectivity index (χ3v) is 4.71. The molecule has 3 amide bonds. The number of nitrogens with one attached hydrogen (secondary N) is 3. The first-order valence-corrected chi connectivity index (χ1v) is 9.66. The molecule has 28 heavy (non-hydrogen) atoms. The monoisotopic (exact) mass is 382 g/mol. The number of pyridine rings is 1. The third-order valence-electron chi connectivity index (χ3n) is 4.71. The maximum Gasteiger partial charge on any atom is 0.315 e. The highest BCUT2D eigenvalue weighted by molar-refractivity contribution is 5.94. The minimum atomic E-state index is -0.190. The molecule has 3 rings (SSSR count). The second-order valence-corrected chi connectivity index (χ2v) is 7.22. The van der Waals surface area contributed by atoms with Crippen molar-refractivity contribution >= 4 is 17.6 Å². The van der Waals surface area contributed by atoms with Crippen molar-refractivity contribution in [1.82, 2.24) is 15.5 Å². The van der Waals surface area contributed by atoms with Crippen molar-refractivity contribution in [2.45, 2.75) is 26.4 Å². The minimum absolute atomic E-state index is 0.0538. The fourth-order valence-electron chi connectivity index (χ4n) is 3.20. The van der Waals surface area contributed by atoms with Crippen molar-refractivity contribution in [3.05, 3.63) is 59.9 Å². The molecule has 7 nitrogen and oxygen atoms in total. The van der Waals surface area contributed by atoms with Gasteiger partial charge in [0.05, 0.1) is 0 Å². The number of hydrogen-bond acceptors (Lipinski definition) is 3. The van der Waals surface area contributed by atoms with Gasteiger partial charge < -0.3 is 20.4 Å². The van der Waals surface area contributed by atoms with Crippen molar-refractivity contribution < 1.29 is 14.6 Å². The van der Waals surface area contributed by atoms with Gasteiger partial charge in [0.2, 0.25) is 0 Å². The zero-order valence-corrected chi connectivity index (χ0v) is 16.4. The molecule has 2 heterocycles. The first-order valence-electron chi connectivity index (χ1n) is 9.66. The van der Waals surface area contributed by atoms with Crippen molar-refractivity contribution in [3.63, 3.8) is 0 Å². The second kappa shape index (κ2) is 9.21. The lowest BCUT2D eigenvalue weighted by Gasteiger charge is -2.35. The molecule has 0 atom stereocenters. The average molecular weight is 382 g/mol. The molecule has 148 valence electrons. The van der Waals surface area contributed by atoms with Crippen LogP contribution in [0.15, 0.2) is 48.8 Å². The van der Waals surface area contributed by atoms with Gasteiger partial charge in [-0.15, -0.1) is 0 Å². The van der Waals surface area contributed by atoms with Gasteiger partial charge in [0.1, 0.15) is 0 Å². The molecule has 1 aliphatic heterocycles. The molecule has 0 bridgehead atoms. The SMILES string of the molecule is CC(C)NC(=O)NCc1ccc(C(=O)N2CCN(c3cc[nH+]cc3)CC2)cc1. The summed E-state index contributed by atoms with van der Waals surface area (Å²) >= 11 is 0. The number of rotatable bonds is 5. The molecule has 0 unspecified atom stereocenters. The lowest BCUT2D eigenvalue weighted by atomic mass is 10.1. The molecule has 1 fully saturated rings. The molecular formula is C21H28N5O2+. The molecule has 0 saturated carbocycles. The molecule has 3 N–H and O–H groups in total. The Morgan fingerprint density at radius 1 is 1.00 bits per heavy atom. The van der Waals surface area contributed by atoms with Crippen molar-refractivity contribution in [2.24, 2.45) is 0 Å². The van der Waals surface area contributed by atoms with Crippen LogP contribution in [0.2, 0.25) is 0 Å². The Morgan fingerprint density at radius 2 is 1.64 bits per heavy atom. The maximum absolute atomic E-state index is 12.8. The van der Waals surface area contributed by atoms with E-state index in [1.54, 1.807) is 0 Å². The van der Waals surface area contributed by atoms with Gasteiger partial charge in [-0.1, -0.05) is 12.1 Å². The van der Waals surface area contributed by atoms with Crippen LogP contribution in [-0.4, -0.2) is 49.1 Å². The van der Waals surface area contributed by atoms with Crippen LogP contribution < -0.4 is 20.5 Å². The summed E-state index contributed by atoms with van der Waals surface area (Å²) in [5, 5.41) is 5.59. The number of benzene rings is 1. The van der Waals surface area contributed by atoms with Crippen molar-refractivity contribution in [3.8, 4) is 0 Å². The van der Waals surface area contributed by atoms with E-state index in [-0.39, 0.29) is 18.0 Å². The highest BCUT2D eigenvalue weighted by Crippen LogP contribution is 2.16. The fourth-order valence-corrected chi connectivity index (χ4v) is 3.20. The number of urea groups is 1. The summed E-state index contributed by atoms with van der Waals surface area (Å²) in [5.41, 5.74) is 2.81. The van der Waals surface area contributed by atoms with E-state index in [4.69, 9.17) is 0 Å². The summed E-state index contributed by atoms with van der Waals surface area (Å²) in [6, 6.07) is 11.4. The van der Waals surface area contributed by atoms with E-state index in [0.717, 1.165) is 18.7 Å². The van der Waals surface area contributed by atoms with Gasteiger partial charge in [0, 0.05) is 62.1 Å². The number of nitrogens with zero attached hydrogens (tertiary/aromatic N) is 2. The van der Waals surface area contributed by atoms with E-state index in [1.165, 1.54) is 5.69 Å². The Balaban J connectivity index is 1.50. The van der Waals surface area contributed by atoms with Gasteiger partial charge in [0.15, 0.2) is 12.4 Å².